The lowest BCUT2D eigenvalue weighted by atomic mass is 9.97. The molecule has 0 fully saturated rings. The summed E-state index contributed by atoms with van der Waals surface area (Å²) in [6.45, 7) is 0. The van der Waals surface area contributed by atoms with Gasteiger partial charge < -0.3 is 0 Å². The highest BCUT2D eigenvalue weighted by Gasteiger charge is 2.24. The van der Waals surface area contributed by atoms with Gasteiger partial charge in [0.1, 0.15) is 5.52 Å². The Morgan fingerprint density at radius 1 is 0.293 bits per heavy atom. The molecule has 3 heterocycles. The van der Waals surface area contributed by atoms with Crippen LogP contribution in [0.5, 0.6) is 0 Å². The first-order chi connectivity index (χ1) is 28.8. The molecule has 0 atom stereocenters. The summed E-state index contributed by atoms with van der Waals surface area (Å²) < 4.78 is 4.68. The zero-order valence-electron chi connectivity index (χ0n) is 31.6. The highest BCUT2D eigenvalue weighted by molar-refractivity contribution is 6.09. The molecule has 58 heavy (non-hydrogen) atoms. The average Bonchev–Trinajstić information content (AvgIpc) is 3.85. The van der Waals surface area contributed by atoms with Crippen LogP contribution in [-0.4, -0.2) is 19.1 Å². The molecular formula is C54H36N4. The van der Waals surface area contributed by atoms with Crippen molar-refractivity contribution in [2.24, 2.45) is 0 Å². The van der Waals surface area contributed by atoms with Crippen LogP contribution in [0.25, 0.3) is 100 Å². The van der Waals surface area contributed by atoms with Crippen molar-refractivity contribution in [3.63, 3.8) is 0 Å². The van der Waals surface area contributed by atoms with Gasteiger partial charge in [-0.15, -0.1) is 0 Å². The molecule has 0 amide bonds. The number of nitrogens with zero attached hydrogens (tertiary/aromatic N) is 4. The molecule has 8 aromatic carbocycles. The van der Waals surface area contributed by atoms with Crippen LogP contribution < -0.4 is 0 Å². The Hall–Kier alpha value is -7.82. The van der Waals surface area contributed by atoms with Crippen molar-refractivity contribution in [1.29, 1.82) is 0 Å². The van der Waals surface area contributed by atoms with Crippen LogP contribution in [0, 0.1) is 0 Å². The molecule has 0 aliphatic rings. The lowest BCUT2D eigenvalue weighted by Gasteiger charge is -2.18. The van der Waals surface area contributed by atoms with E-state index in [4.69, 9.17) is 9.97 Å². The first-order valence-electron chi connectivity index (χ1n) is 19.7. The number of benzene rings is 8. The van der Waals surface area contributed by atoms with Gasteiger partial charge in [-0.25, -0.2) is 9.97 Å². The summed E-state index contributed by atoms with van der Waals surface area (Å²) in [7, 11) is 0. The first kappa shape index (κ1) is 33.5. The molecule has 0 saturated heterocycles. The molecule has 0 aliphatic carbocycles. The van der Waals surface area contributed by atoms with E-state index in [2.05, 4.69) is 228 Å². The Morgan fingerprint density at radius 3 is 1.50 bits per heavy atom. The number of aromatic nitrogens is 4. The maximum absolute atomic E-state index is 5.67. The number of hydrogen-bond donors (Lipinski definition) is 0. The van der Waals surface area contributed by atoms with Gasteiger partial charge in [0, 0.05) is 27.5 Å². The molecule has 4 nitrogen and oxygen atoms in total. The largest absolute Gasteiger partial charge is 0.279 e. The third-order valence-corrected chi connectivity index (χ3v) is 11.2. The maximum Gasteiger partial charge on any atom is 0.220 e. The quantitative estimate of drug-likeness (QED) is 0.163. The van der Waals surface area contributed by atoms with Gasteiger partial charge in [-0.3, -0.25) is 9.13 Å². The van der Waals surface area contributed by atoms with Gasteiger partial charge in [-0.1, -0.05) is 170 Å². The molecule has 0 radical (unpaired) electrons. The van der Waals surface area contributed by atoms with Crippen molar-refractivity contribution < 1.29 is 0 Å². The zero-order chi connectivity index (χ0) is 38.4. The van der Waals surface area contributed by atoms with E-state index in [0.29, 0.717) is 0 Å². The summed E-state index contributed by atoms with van der Waals surface area (Å²) in [5, 5.41) is 2.37. The molecule has 11 rings (SSSR count). The van der Waals surface area contributed by atoms with Crippen molar-refractivity contribution in [2.45, 2.75) is 0 Å². The number of fused-ring (bicyclic) bond motifs is 4. The monoisotopic (exact) mass is 740 g/mol. The minimum absolute atomic E-state index is 0.816. The van der Waals surface area contributed by atoms with E-state index in [9.17, 15) is 0 Å². The van der Waals surface area contributed by atoms with Crippen LogP contribution in [0.3, 0.4) is 0 Å². The number of rotatable bonds is 7. The number of para-hydroxylation sites is 3. The van der Waals surface area contributed by atoms with Gasteiger partial charge in [-0.05, 0) is 76.3 Å². The van der Waals surface area contributed by atoms with Crippen LogP contribution in [0.15, 0.2) is 218 Å². The van der Waals surface area contributed by atoms with Gasteiger partial charge in [0.2, 0.25) is 5.95 Å². The predicted octanol–water partition coefficient (Wildman–Crippen LogP) is 13.9. The third-order valence-electron chi connectivity index (χ3n) is 11.2. The SMILES string of the molecule is c1ccc(-c2cccc(-c3cccc(-c4cccc5c4nc(-n4c6ccccc6c6ccccc64)n5-c4ccc(-c5ccccc5)cc4-c4ccccc4)n3)c2)cc1. The van der Waals surface area contributed by atoms with Gasteiger partial charge in [0.05, 0.1) is 33.6 Å². The molecule has 11 aromatic rings. The Balaban J connectivity index is 1.18. The summed E-state index contributed by atoms with van der Waals surface area (Å²) >= 11 is 0. The number of hydrogen-bond acceptors (Lipinski definition) is 2. The number of imidazole rings is 1. The van der Waals surface area contributed by atoms with Gasteiger partial charge in [-0.2, -0.15) is 0 Å². The Bertz CT molecular complexity index is 3220. The molecular weight excluding hydrogens is 705 g/mol. The summed E-state index contributed by atoms with van der Waals surface area (Å²) in [5.74, 6) is 0.816. The van der Waals surface area contributed by atoms with Gasteiger partial charge >= 0.3 is 0 Å². The fourth-order valence-corrected chi connectivity index (χ4v) is 8.44. The van der Waals surface area contributed by atoms with Crippen molar-refractivity contribution in [1.82, 2.24) is 19.1 Å². The topological polar surface area (TPSA) is 35.6 Å². The Morgan fingerprint density at radius 2 is 0.810 bits per heavy atom. The van der Waals surface area contributed by atoms with E-state index in [-0.39, 0.29) is 0 Å². The summed E-state index contributed by atoms with van der Waals surface area (Å²) in [6, 6.07) is 77.3. The zero-order valence-corrected chi connectivity index (χ0v) is 31.6. The van der Waals surface area contributed by atoms with Crippen molar-refractivity contribution >= 4 is 32.8 Å². The first-order valence-corrected chi connectivity index (χ1v) is 19.7. The summed E-state index contributed by atoms with van der Waals surface area (Å²) in [4.78, 5) is 11.0. The van der Waals surface area contributed by atoms with Crippen molar-refractivity contribution in [3.8, 4) is 67.5 Å². The lowest BCUT2D eigenvalue weighted by molar-refractivity contribution is 0.957. The van der Waals surface area contributed by atoms with E-state index in [1.165, 1.54) is 21.9 Å². The normalized spacial score (nSPS) is 11.4. The van der Waals surface area contributed by atoms with E-state index < -0.39 is 0 Å². The highest BCUT2D eigenvalue weighted by Crippen LogP contribution is 2.40. The number of pyridine rings is 1. The Labute approximate surface area is 336 Å². The third kappa shape index (κ3) is 5.70. The predicted molar refractivity (Wildman–Crippen MR) is 240 cm³/mol. The molecule has 0 aliphatic heterocycles. The molecule has 0 N–H and O–H groups in total. The van der Waals surface area contributed by atoms with Crippen LogP contribution in [-0.2, 0) is 0 Å². The summed E-state index contributed by atoms with van der Waals surface area (Å²) in [5.41, 5.74) is 15.9. The summed E-state index contributed by atoms with van der Waals surface area (Å²) in [6.07, 6.45) is 0. The Kier molecular flexibility index (Phi) is 8.11. The molecule has 272 valence electrons. The van der Waals surface area contributed by atoms with E-state index in [1.54, 1.807) is 0 Å². The lowest BCUT2D eigenvalue weighted by Crippen LogP contribution is -2.07. The van der Waals surface area contributed by atoms with Crippen LogP contribution >= 0.6 is 0 Å². The molecule has 4 heteroatoms. The molecule has 0 unspecified atom stereocenters. The van der Waals surface area contributed by atoms with Crippen molar-refractivity contribution in [2.75, 3.05) is 0 Å². The van der Waals surface area contributed by atoms with Gasteiger partial charge in [0.15, 0.2) is 0 Å². The standard InChI is InChI=1S/C54H36N4/c1-4-17-37(18-5-1)40-23-14-24-42(35-40)47-28-16-29-48(55-47)45-27-15-32-52-53(45)56-54(57-49-30-12-10-25-43(49)44-26-11-13-31-50(44)57)58(52)51-34-33-41(38-19-6-2-7-20-38)36-46(51)39-21-8-3-9-22-39/h1-36H. The highest BCUT2D eigenvalue weighted by atomic mass is 15.2. The molecule has 3 aromatic heterocycles. The van der Waals surface area contributed by atoms with Crippen LogP contribution in [0.1, 0.15) is 0 Å². The van der Waals surface area contributed by atoms with Crippen LogP contribution in [0.2, 0.25) is 0 Å². The van der Waals surface area contributed by atoms with Gasteiger partial charge in [0.25, 0.3) is 0 Å². The molecule has 0 spiro atoms. The smallest absolute Gasteiger partial charge is 0.220 e. The molecule has 0 saturated carbocycles. The second-order valence-electron chi connectivity index (χ2n) is 14.6. The fraction of sp³-hybridized carbons (Fsp3) is 0. The average molecular weight is 741 g/mol. The van der Waals surface area contributed by atoms with Crippen LogP contribution in [0.4, 0.5) is 0 Å². The minimum Gasteiger partial charge on any atom is -0.279 e. The molecule has 0 bridgehead atoms. The fourth-order valence-electron chi connectivity index (χ4n) is 8.44. The van der Waals surface area contributed by atoms with E-state index in [1.807, 2.05) is 0 Å². The van der Waals surface area contributed by atoms with Crippen molar-refractivity contribution in [3.05, 3.63) is 218 Å². The second kappa shape index (κ2) is 14.0. The minimum atomic E-state index is 0.816. The van der Waals surface area contributed by atoms with E-state index in [0.717, 1.165) is 78.5 Å². The van der Waals surface area contributed by atoms with E-state index >= 15 is 0 Å². The second-order valence-corrected chi connectivity index (χ2v) is 14.6. The maximum atomic E-state index is 5.67.